The highest BCUT2D eigenvalue weighted by atomic mass is 35.5. The van der Waals surface area contributed by atoms with Crippen LogP contribution in [0.5, 0.6) is 5.75 Å². The van der Waals surface area contributed by atoms with Crippen LogP contribution in [0.4, 0.5) is 5.69 Å². The van der Waals surface area contributed by atoms with E-state index in [9.17, 15) is 4.79 Å². The molecule has 1 N–H and O–H groups in total. The number of nitrogens with one attached hydrogen (secondary N) is 1. The van der Waals surface area contributed by atoms with E-state index in [1.165, 1.54) is 0 Å². The first kappa shape index (κ1) is 16.4. The fourth-order valence-electron chi connectivity index (χ4n) is 2.15. The minimum atomic E-state index is -0.612. The van der Waals surface area contributed by atoms with E-state index in [1.807, 2.05) is 24.3 Å². The third-order valence-electron chi connectivity index (χ3n) is 3.32. The third-order valence-corrected chi connectivity index (χ3v) is 3.55. The highest BCUT2D eigenvalue weighted by molar-refractivity contribution is 6.30. The Balaban J connectivity index is 2.06. The van der Waals surface area contributed by atoms with Crippen molar-refractivity contribution in [2.75, 3.05) is 5.32 Å². The molecule has 0 aromatic heterocycles. The first-order valence-electron chi connectivity index (χ1n) is 7.29. The summed E-state index contributed by atoms with van der Waals surface area (Å²) in [5.41, 5.74) is 1.93. The van der Waals surface area contributed by atoms with Crippen molar-refractivity contribution in [1.82, 2.24) is 0 Å². The summed E-state index contributed by atoms with van der Waals surface area (Å²) in [4.78, 5) is 12.3. The van der Waals surface area contributed by atoms with E-state index in [1.54, 1.807) is 31.2 Å². The summed E-state index contributed by atoms with van der Waals surface area (Å²) in [6.45, 7) is 5.90. The lowest BCUT2D eigenvalue weighted by molar-refractivity contribution is -0.122. The molecular formula is C18H20ClNO2. The van der Waals surface area contributed by atoms with E-state index < -0.39 is 6.10 Å². The molecule has 1 atom stereocenters. The Morgan fingerprint density at radius 1 is 1.09 bits per heavy atom. The number of hydrogen-bond acceptors (Lipinski definition) is 2. The van der Waals surface area contributed by atoms with E-state index in [0.717, 1.165) is 11.3 Å². The van der Waals surface area contributed by atoms with Gasteiger partial charge in [0.1, 0.15) is 5.75 Å². The Morgan fingerprint density at radius 2 is 1.82 bits per heavy atom. The summed E-state index contributed by atoms with van der Waals surface area (Å²) in [6.07, 6.45) is -0.612. The van der Waals surface area contributed by atoms with Gasteiger partial charge in [-0.25, -0.2) is 0 Å². The van der Waals surface area contributed by atoms with Crippen molar-refractivity contribution in [2.24, 2.45) is 0 Å². The molecule has 1 amide bonds. The second-order valence-electron chi connectivity index (χ2n) is 5.45. The Morgan fingerprint density at radius 3 is 2.50 bits per heavy atom. The number of para-hydroxylation sites is 1. The number of amides is 1. The highest BCUT2D eigenvalue weighted by Gasteiger charge is 2.17. The molecule has 4 heteroatoms. The summed E-state index contributed by atoms with van der Waals surface area (Å²) in [7, 11) is 0. The van der Waals surface area contributed by atoms with E-state index in [-0.39, 0.29) is 5.91 Å². The fourth-order valence-corrected chi connectivity index (χ4v) is 2.33. The molecular weight excluding hydrogens is 298 g/mol. The van der Waals surface area contributed by atoms with Crippen LogP contribution in [-0.2, 0) is 4.79 Å². The number of carbonyl (C=O) groups excluding carboxylic acids is 1. The van der Waals surface area contributed by atoms with Gasteiger partial charge in [0.2, 0.25) is 0 Å². The first-order valence-corrected chi connectivity index (χ1v) is 7.67. The van der Waals surface area contributed by atoms with E-state index in [0.29, 0.717) is 16.7 Å². The van der Waals surface area contributed by atoms with Crippen LogP contribution in [0.15, 0.2) is 48.5 Å². The topological polar surface area (TPSA) is 38.3 Å². The third kappa shape index (κ3) is 4.25. The van der Waals surface area contributed by atoms with Gasteiger partial charge in [-0.1, -0.05) is 49.7 Å². The van der Waals surface area contributed by atoms with Gasteiger partial charge in [-0.15, -0.1) is 0 Å². The maximum atomic E-state index is 12.3. The molecule has 0 fully saturated rings. The van der Waals surface area contributed by atoms with Crippen molar-refractivity contribution in [2.45, 2.75) is 32.8 Å². The predicted octanol–water partition coefficient (Wildman–Crippen LogP) is 4.87. The molecule has 2 rings (SSSR count). The smallest absolute Gasteiger partial charge is 0.265 e. The summed E-state index contributed by atoms with van der Waals surface area (Å²) < 4.78 is 5.63. The lowest BCUT2D eigenvalue weighted by Crippen LogP contribution is -2.30. The maximum Gasteiger partial charge on any atom is 0.265 e. The number of halogens is 1. The largest absolute Gasteiger partial charge is 0.481 e. The Bertz CT molecular complexity index is 655. The van der Waals surface area contributed by atoms with Crippen molar-refractivity contribution in [3.63, 3.8) is 0 Å². The zero-order chi connectivity index (χ0) is 16.1. The van der Waals surface area contributed by atoms with Crippen molar-refractivity contribution < 1.29 is 9.53 Å². The van der Waals surface area contributed by atoms with Crippen molar-refractivity contribution in [1.29, 1.82) is 0 Å². The van der Waals surface area contributed by atoms with Crippen LogP contribution in [-0.4, -0.2) is 12.0 Å². The van der Waals surface area contributed by atoms with Crippen LogP contribution in [0.25, 0.3) is 0 Å². The number of benzene rings is 2. The predicted molar refractivity (Wildman–Crippen MR) is 90.7 cm³/mol. The molecule has 0 radical (unpaired) electrons. The zero-order valence-corrected chi connectivity index (χ0v) is 13.7. The van der Waals surface area contributed by atoms with E-state index in [2.05, 4.69) is 19.2 Å². The van der Waals surface area contributed by atoms with Crippen LogP contribution in [0.1, 0.15) is 32.3 Å². The molecule has 3 nitrogen and oxygen atoms in total. The number of hydrogen-bond donors (Lipinski definition) is 1. The van der Waals surface area contributed by atoms with Crippen molar-refractivity contribution in [3.8, 4) is 5.75 Å². The first-order chi connectivity index (χ1) is 10.5. The average Bonchev–Trinajstić information content (AvgIpc) is 2.47. The van der Waals surface area contributed by atoms with Crippen LogP contribution in [0.3, 0.4) is 0 Å². The van der Waals surface area contributed by atoms with Crippen molar-refractivity contribution >= 4 is 23.2 Å². The number of anilines is 1. The van der Waals surface area contributed by atoms with Gasteiger partial charge in [0.05, 0.1) is 0 Å². The molecule has 0 saturated heterocycles. The van der Waals surface area contributed by atoms with Crippen LogP contribution in [0, 0.1) is 0 Å². The molecule has 0 aliphatic carbocycles. The van der Waals surface area contributed by atoms with Gasteiger partial charge in [0.25, 0.3) is 5.91 Å². The fraction of sp³-hybridized carbons (Fsp3) is 0.278. The lowest BCUT2D eigenvalue weighted by Gasteiger charge is -2.17. The molecule has 116 valence electrons. The summed E-state index contributed by atoms with van der Waals surface area (Å²) >= 11 is 5.91. The molecule has 0 spiro atoms. The van der Waals surface area contributed by atoms with Gasteiger partial charge in [-0.3, -0.25) is 4.79 Å². The summed E-state index contributed by atoms with van der Waals surface area (Å²) in [6, 6.07) is 14.8. The Kier molecular flexibility index (Phi) is 5.45. The minimum absolute atomic E-state index is 0.187. The SMILES string of the molecule is CC(Oc1cccc(Cl)c1)C(=O)Nc1ccccc1C(C)C. The summed E-state index contributed by atoms with van der Waals surface area (Å²) in [5.74, 6) is 0.723. The zero-order valence-electron chi connectivity index (χ0n) is 13.0. The number of rotatable bonds is 5. The van der Waals surface area contributed by atoms with Gasteiger partial charge < -0.3 is 10.1 Å². The lowest BCUT2D eigenvalue weighted by atomic mass is 10.0. The molecule has 0 saturated carbocycles. The summed E-state index contributed by atoms with van der Waals surface area (Å²) in [5, 5.41) is 3.51. The molecule has 1 unspecified atom stereocenters. The molecule has 0 bridgehead atoms. The number of carbonyl (C=O) groups is 1. The molecule has 2 aromatic rings. The van der Waals surface area contributed by atoms with E-state index in [4.69, 9.17) is 16.3 Å². The second kappa shape index (κ2) is 7.32. The molecule has 0 aliphatic rings. The van der Waals surface area contributed by atoms with Crippen molar-refractivity contribution in [3.05, 3.63) is 59.1 Å². The highest BCUT2D eigenvalue weighted by Crippen LogP contribution is 2.24. The molecule has 2 aromatic carbocycles. The van der Waals surface area contributed by atoms with Gasteiger partial charge in [-0.05, 0) is 42.7 Å². The average molecular weight is 318 g/mol. The Labute approximate surface area is 136 Å². The molecule has 22 heavy (non-hydrogen) atoms. The van der Waals surface area contributed by atoms with Crippen LogP contribution in [0.2, 0.25) is 5.02 Å². The van der Waals surface area contributed by atoms with Crippen LogP contribution < -0.4 is 10.1 Å². The van der Waals surface area contributed by atoms with Gasteiger partial charge in [-0.2, -0.15) is 0 Å². The van der Waals surface area contributed by atoms with E-state index >= 15 is 0 Å². The maximum absolute atomic E-state index is 12.3. The normalized spacial score (nSPS) is 12.0. The standard InChI is InChI=1S/C18H20ClNO2/c1-12(2)16-9-4-5-10-17(16)20-18(21)13(3)22-15-8-6-7-14(19)11-15/h4-13H,1-3H3,(H,20,21). The molecule has 0 aliphatic heterocycles. The van der Waals surface area contributed by atoms with Crippen LogP contribution >= 0.6 is 11.6 Å². The second-order valence-corrected chi connectivity index (χ2v) is 5.89. The number of ether oxygens (including phenoxy) is 1. The van der Waals surface area contributed by atoms with Gasteiger partial charge >= 0.3 is 0 Å². The van der Waals surface area contributed by atoms with Gasteiger partial charge in [0, 0.05) is 10.7 Å². The molecule has 0 heterocycles. The van der Waals surface area contributed by atoms with Gasteiger partial charge in [0.15, 0.2) is 6.10 Å². The Hall–Kier alpha value is -2.00. The minimum Gasteiger partial charge on any atom is -0.481 e. The monoisotopic (exact) mass is 317 g/mol. The quantitative estimate of drug-likeness (QED) is 0.854.